The number of hydrogen-bond acceptors (Lipinski definition) is 7. The van der Waals surface area contributed by atoms with Crippen LogP contribution < -0.4 is 16.0 Å². The summed E-state index contributed by atoms with van der Waals surface area (Å²) in [6.45, 7) is 0.347. The molecule has 22 heavy (non-hydrogen) atoms. The molecular formula is C11H15N7O2S2. The molecule has 0 atom stereocenters. The average molecular weight is 341 g/mol. The molecule has 0 spiro atoms. The third-order valence-corrected chi connectivity index (χ3v) is 4.10. The van der Waals surface area contributed by atoms with Gasteiger partial charge in [0.2, 0.25) is 5.91 Å². The van der Waals surface area contributed by atoms with E-state index in [1.165, 1.54) is 23.1 Å². The molecule has 3 amide bonds. The summed E-state index contributed by atoms with van der Waals surface area (Å²) in [6.07, 6.45) is 3.21. The van der Waals surface area contributed by atoms with Crippen LogP contribution in [0.25, 0.3) is 0 Å². The highest BCUT2D eigenvalue weighted by Gasteiger charge is 2.07. The number of nitrogens with zero attached hydrogens (tertiary/aromatic N) is 4. The number of thiazole rings is 1. The van der Waals surface area contributed by atoms with E-state index in [-0.39, 0.29) is 12.5 Å². The quantitative estimate of drug-likeness (QED) is 0.493. The Balaban J connectivity index is 1.56. The van der Waals surface area contributed by atoms with Crippen LogP contribution in [0.2, 0.25) is 0 Å². The van der Waals surface area contributed by atoms with Gasteiger partial charge in [-0.05, 0) is 0 Å². The fourth-order valence-electron chi connectivity index (χ4n) is 1.38. The minimum atomic E-state index is -0.396. The van der Waals surface area contributed by atoms with Gasteiger partial charge in [-0.2, -0.15) is 0 Å². The Morgan fingerprint density at radius 2 is 2.27 bits per heavy atom. The first-order valence-corrected chi connectivity index (χ1v) is 8.19. The van der Waals surface area contributed by atoms with Crippen molar-refractivity contribution in [1.29, 1.82) is 0 Å². The summed E-state index contributed by atoms with van der Waals surface area (Å²) < 4.78 is 1.80. The van der Waals surface area contributed by atoms with E-state index in [1.807, 2.05) is 7.05 Å². The van der Waals surface area contributed by atoms with E-state index in [4.69, 9.17) is 0 Å². The van der Waals surface area contributed by atoms with Gasteiger partial charge in [0.25, 0.3) is 0 Å². The van der Waals surface area contributed by atoms with E-state index in [0.717, 1.165) is 5.16 Å². The molecule has 2 aromatic heterocycles. The van der Waals surface area contributed by atoms with E-state index in [9.17, 15) is 9.59 Å². The Morgan fingerprint density at radius 1 is 1.41 bits per heavy atom. The summed E-state index contributed by atoms with van der Waals surface area (Å²) in [5.74, 6) is 0.337. The monoisotopic (exact) mass is 341 g/mol. The third-order valence-electron chi connectivity index (χ3n) is 2.38. The van der Waals surface area contributed by atoms with E-state index in [2.05, 4.69) is 31.1 Å². The van der Waals surface area contributed by atoms with Gasteiger partial charge in [-0.15, -0.1) is 21.5 Å². The molecule has 9 nitrogen and oxygen atoms in total. The standard InChI is InChI=1S/C11H15N7O2S2/c1-18-7-15-17-11(18)22-5-2-12-9(20)14-6-8(19)16-10-13-3-4-21-10/h3-4,7H,2,5-6H2,1H3,(H2,12,14,20)(H,13,16,19). The third kappa shape index (κ3) is 5.33. The summed E-state index contributed by atoms with van der Waals surface area (Å²) in [4.78, 5) is 27.0. The fourth-order valence-corrected chi connectivity index (χ4v) is 2.67. The number of thioether (sulfide) groups is 1. The highest BCUT2D eigenvalue weighted by Crippen LogP contribution is 2.11. The molecule has 118 valence electrons. The van der Waals surface area contributed by atoms with Gasteiger partial charge >= 0.3 is 6.03 Å². The molecule has 0 aliphatic rings. The molecule has 0 radical (unpaired) electrons. The minimum Gasteiger partial charge on any atom is -0.337 e. The molecule has 2 aromatic rings. The Morgan fingerprint density at radius 3 is 2.95 bits per heavy atom. The number of aryl methyl sites for hydroxylation is 1. The zero-order valence-corrected chi connectivity index (χ0v) is 13.4. The molecule has 0 saturated heterocycles. The molecule has 0 unspecified atom stereocenters. The van der Waals surface area contributed by atoms with Crippen LogP contribution in [-0.4, -0.2) is 50.5 Å². The average Bonchev–Trinajstić information content (AvgIpc) is 3.13. The Hall–Kier alpha value is -2.14. The van der Waals surface area contributed by atoms with Crippen molar-refractivity contribution in [3.05, 3.63) is 17.9 Å². The first-order chi connectivity index (χ1) is 10.6. The summed E-state index contributed by atoms with van der Waals surface area (Å²) >= 11 is 2.80. The topological polar surface area (TPSA) is 114 Å². The molecule has 0 saturated carbocycles. The molecule has 11 heteroatoms. The van der Waals surface area contributed by atoms with Crippen LogP contribution in [0.4, 0.5) is 9.93 Å². The second-order valence-electron chi connectivity index (χ2n) is 4.07. The number of carbonyl (C=O) groups is 2. The SMILES string of the molecule is Cn1cnnc1SCCNC(=O)NCC(=O)Nc1nccs1. The number of rotatable bonds is 7. The van der Waals surface area contributed by atoms with Gasteiger partial charge in [0, 0.05) is 30.9 Å². The largest absolute Gasteiger partial charge is 0.337 e. The maximum Gasteiger partial charge on any atom is 0.315 e. The fraction of sp³-hybridized carbons (Fsp3) is 0.364. The highest BCUT2D eigenvalue weighted by molar-refractivity contribution is 7.99. The smallest absolute Gasteiger partial charge is 0.315 e. The summed E-state index contributed by atoms with van der Waals surface area (Å²) in [5, 5.41) is 18.4. The van der Waals surface area contributed by atoms with E-state index < -0.39 is 6.03 Å². The van der Waals surface area contributed by atoms with Crippen molar-refractivity contribution >= 4 is 40.2 Å². The summed E-state index contributed by atoms with van der Waals surface area (Å²) in [6, 6.07) is -0.396. The lowest BCUT2D eigenvalue weighted by Crippen LogP contribution is -2.40. The number of hydrogen-bond donors (Lipinski definition) is 3. The number of amides is 3. The van der Waals surface area contributed by atoms with E-state index >= 15 is 0 Å². The van der Waals surface area contributed by atoms with Crippen molar-refractivity contribution in [2.45, 2.75) is 5.16 Å². The van der Waals surface area contributed by atoms with Gasteiger partial charge in [-0.3, -0.25) is 4.79 Å². The molecule has 2 rings (SSSR count). The van der Waals surface area contributed by atoms with Gasteiger partial charge in [0.05, 0.1) is 6.54 Å². The second kappa shape index (κ2) is 8.34. The zero-order chi connectivity index (χ0) is 15.8. The van der Waals surface area contributed by atoms with Gasteiger partial charge in [0.15, 0.2) is 10.3 Å². The van der Waals surface area contributed by atoms with Gasteiger partial charge in [0.1, 0.15) is 6.33 Å². The summed E-state index contributed by atoms with van der Waals surface area (Å²) in [5.41, 5.74) is 0. The van der Waals surface area contributed by atoms with Crippen molar-refractivity contribution in [1.82, 2.24) is 30.4 Å². The van der Waals surface area contributed by atoms with Gasteiger partial charge < -0.3 is 20.5 Å². The van der Waals surface area contributed by atoms with Crippen molar-refractivity contribution in [3.8, 4) is 0 Å². The lowest BCUT2D eigenvalue weighted by atomic mass is 10.6. The molecular weight excluding hydrogens is 326 g/mol. The van der Waals surface area contributed by atoms with Crippen LogP contribution in [0.3, 0.4) is 0 Å². The number of nitrogens with one attached hydrogen (secondary N) is 3. The van der Waals surface area contributed by atoms with Crippen molar-refractivity contribution in [2.24, 2.45) is 7.05 Å². The van der Waals surface area contributed by atoms with E-state index in [0.29, 0.717) is 17.4 Å². The van der Waals surface area contributed by atoms with Gasteiger partial charge in [-0.1, -0.05) is 11.8 Å². The Labute approximate surface area is 134 Å². The lowest BCUT2D eigenvalue weighted by Gasteiger charge is -2.07. The van der Waals surface area contributed by atoms with Gasteiger partial charge in [-0.25, -0.2) is 9.78 Å². The van der Waals surface area contributed by atoms with Crippen molar-refractivity contribution in [3.63, 3.8) is 0 Å². The molecule has 2 heterocycles. The zero-order valence-electron chi connectivity index (χ0n) is 11.8. The summed E-state index contributed by atoms with van der Waals surface area (Å²) in [7, 11) is 1.85. The predicted octanol–water partition coefficient (Wildman–Crippen LogP) is 0.302. The highest BCUT2D eigenvalue weighted by atomic mass is 32.2. The van der Waals surface area contributed by atoms with Crippen molar-refractivity contribution < 1.29 is 9.59 Å². The number of aromatic nitrogens is 4. The molecule has 0 aliphatic carbocycles. The Bertz CT molecular complexity index is 614. The molecule has 0 aliphatic heterocycles. The van der Waals surface area contributed by atoms with E-state index in [1.54, 1.807) is 22.5 Å². The van der Waals surface area contributed by atoms with Crippen molar-refractivity contribution in [2.75, 3.05) is 24.2 Å². The molecule has 0 fully saturated rings. The first kappa shape index (κ1) is 16.2. The van der Waals surface area contributed by atoms with Crippen LogP contribution in [0.1, 0.15) is 0 Å². The normalized spacial score (nSPS) is 10.2. The Kier molecular flexibility index (Phi) is 6.15. The molecule has 3 N–H and O–H groups in total. The number of anilines is 1. The molecule has 0 bridgehead atoms. The van der Waals surface area contributed by atoms with Crippen LogP contribution in [0, 0.1) is 0 Å². The maximum atomic E-state index is 11.5. The molecule has 0 aromatic carbocycles. The van der Waals surface area contributed by atoms with Crippen LogP contribution in [0.15, 0.2) is 23.1 Å². The lowest BCUT2D eigenvalue weighted by molar-refractivity contribution is -0.115. The number of carbonyl (C=O) groups excluding carboxylic acids is 2. The van der Waals surface area contributed by atoms with Crippen LogP contribution >= 0.6 is 23.1 Å². The predicted molar refractivity (Wildman–Crippen MR) is 83.9 cm³/mol. The van der Waals surface area contributed by atoms with Crippen LogP contribution in [0.5, 0.6) is 0 Å². The first-order valence-electron chi connectivity index (χ1n) is 6.33. The minimum absolute atomic E-state index is 0.109. The number of urea groups is 1. The van der Waals surface area contributed by atoms with Crippen LogP contribution in [-0.2, 0) is 11.8 Å². The maximum absolute atomic E-state index is 11.5. The second-order valence-corrected chi connectivity index (χ2v) is 6.02.